The van der Waals surface area contributed by atoms with Gasteiger partial charge in [0.05, 0.1) is 11.3 Å². The Hall–Kier alpha value is -3.16. The van der Waals surface area contributed by atoms with Gasteiger partial charge in [-0.15, -0.1) is 0 Å². The molecule has 150 valence electrons. The molecule has 7 heteroatoms. The predicted octanol–water partition coefficient (Wildman–Crippen LogP) is 3.33. The van der Waals surface area contributed by atoms with Crippen molar-refractivity contribution in [3.05, 3.63) is 96.1 Å². The SMILES string of the molecule is O=C(NCCS(=O)(=O)NCc1ccccc1)c1ccccc1Oc1ccccc1. The molecule has 0 fully saturated rings. The Morgan fingerprint density at radius 1 is 0.828 bits per heavy atom. The van der Waals surface area contributed by atoms with E-state index in [2.05, 4.69) is 10.0 Å². The van der Waals surface area contributed by atoms with Crippen LogP contribution in [0.25, 0.3) is 0 Å². The number of benzene rings is 3. The molecule has 0 saturated carbocycles. The summed E-state index contributed by atoms with van der Waals surface area (Å²) in [5, 5.41) is 2.64. The van der Waals surface area contributed by atoms with Gasteiger partial charge in [-0.2, -0.15) is 0 Å². The van der Waals surface area contributed by atoms with Gasteiger partial charge in [0.15, 0.2) is 0 Å². The zero-order valence-electron chi connectivity index (χ0n) is 15.7. The van der Waals surface area contributed by atoms with Crippen molar-refractivity contribution in [2.75, 3.05) is 12.3 Å². The summed E-state index contributed by atoms with van der Waals surface area (Å²) in [6.45, 7) is 0.202. The predicted molar refractivity (Wildman–Crippen MR) is 112 cm³/mol. The summed E-state index contributed by atoms with van der Waals surface area (Å²) in [4.78, 5) is 12.5. The fourth-order valence-electron chi connectivity index (χ4n) is 2.61. The van der Waals surface area contributed by atoms with Crippen LogP contribution in [0.2, 0.25) is 0 Å². The summed E-state index contributed by atoms with van der Waals surface area (Å²) in [5.74, 6) is 0.407. The fourth-order valence-corrected chi connectivity index (χ4v) is 3.52. The molecule has 0 heterocycles. The highest BCUT2D eigenvalue weighted by Gasteiger charge is 2.15. The number of hydrogen-bond donors (Lipinski definition) is 2. The lowest BCUT2D eigenvalue weighted by Gasteiger charge is -2.12. The molecule has 29 heavy (non-hydrogen) atoms. The van der Waals surface area contributed by atoms with Crippen LogP contribution in [0.3, 0.4) is 0 Å². The van der Waals surface area contributed by atoms with Crippen molar-refractivity contribution in [1.29, 1.82) is 0 Å². The Labute approximate surface area is 170 Å². The molecule has 0 spiro atoms. The molecule has 0 aliphatic rings. The van der Waals surface area contributed by atoms with Gasteiger partial charge in [-0.05, 0) is 29.8 Å². The minimum Gasteiger partial charge on any atom is -0.457 e. The number of nitrogens with one attached hydrogen (secondary N) is 2. The second kappa shape index (κ2) is 9.86. The highest BCUT2D eigenvalue weighted by atomic mass is 32.2. The Balaban J connectivity index is 1.54. The summed E-state index contributed by atoms with van der Waals surface area (Å²) >= 11 is 0. The van der Waals surface area contributed by atoms with E-state index in [1.165, 1.54) is 0 Å². The third kappa shape index (κ3) is 6.44. The number of amides is 1. The van der Waals surface area contributed by atoms with Crippen LogP contribution in [-0.2, 0) is 16.6 Å². The maximum absolute atomic E-state index is 12.5. The average molecular weight is 410 g/mol. The number of hydrogen-bond acceptors (Lipinski definition) is 4. The van der Waals surface area contributed by atoms with Crippen LogP contribution in [0.5, 0.6) is 11.5 Å². The molecule has 0 unspecified atom stereocenters. The molecular weight excluding hydrogens is 388 g/mol. The summed E-state index contributed by atoms with van der Waals surface area (Å²) in [7, 11) is -3.51. The zero-order valence-corrected chi connectivity index (χ0v) is 16.6. The fraction of sp³-hybridized carbons (Fsp3) is 0.136. The van der Waals surface area contributed by atoms with Gasteiger partial charge in [-0.1, -0.05) is 60.7 Å². The highest BCUT2D eigenvalue weighted by Crippen LogP contribution is 2.24. The Morgan fingerprint density at radius 3 is 2.17 bits per heavy atom. The molecule has 0 atom stereocenters. The molecule has 6 nitrogen and oxygen atoms in total. The van der Waals surface area contributed by atoms with Gasteiger partial charge in [0.2, 0.25) is 10.0 Å². The normalized spacial score (nSPS) is 11.0. The number of carbonyl (C=O) groups excluding carboxylic acids is 1. The van der Waals surface area contributed by atoms with Crippen LogP contribution in [0.4, 0.5) is 0 Å². The average Bonchev–Trinajstić information content (AvgIpc) is 2.74. The molecule has 3 rings (SSSR count). The van der Waals surface area contributed by atoms with Gasteiger partial charge >= 0.3 is 0 Å². The second-order valence-electron chi connectivity index (χ2n) is 6.29. The van der Waals surface area contributed by atoms with Crippen molar-refractivity contribution in [1.82, 2.24) is 10.0 Å². The van der Waals surface area contributed by atoms with Crippen LogP contribution < -0.4 is 14.8 Å². The largest absolute Gasteiger partial charge is 0.457 e. The number of sulfonamides is 1. The molecule has 0 aliphatic heterocycles. The topological polar surface area (TPSA) is 84.5 Å². The van der Waals surface area contributed by atoms with Crippen LogP contribution in [0.15, 0.2) is 84.9 Å². The van der Waals surface area contributed by atoms with E-state index < -0.39 is 15.9 Å². The Bertz CT molecular complexity index is 1040. The highest BCUT2D eigenvalue weighted by molar-refractivity contribution is 7.89. The first-order valence-corrected chi connectivity index (χ1v) is 10.8. The van der Waals surface area contributed by atoms with Crippen LogP contribution in [0.1, 0.15) is 15.9 Å². The van der Waals surface area contributed by atoms with E-state index in [-0.39, 0.29) is 18.8 Å². The quantitative estimate of drug-likeness (QED) is 0.567. The first-order valence-electron chi connectivity index (χ1n) is 9.15. The van der Waals surface area contributed by atoms with Crippen molar-refractivity contribution in [3.63, 3.8) is 0 Å². The molecule has 0 saturated heterocycles. The lowest BCUT2D eigenvalue weighted by Crippen LogP contribution is -2.34. The van der Waals surface area contributed by atoms with Gasteiger partial charge in [0.25, 0.3) is 5.91 Å². The summed E-state index contributed by atoms with van der Waals surface area (Å²) < 4.78 is 32.6. The first-order chi connectivity index (χ1) is 14.0. The van der Waals surface area contributed by atoms with E-state index in [0.717, 1.165) is 5.56 Å². The van der Waals surface area contributed by atoms with Crippen molar-refractivity contribution >= 4 is 15.9 Å². The van der Waals surface area contributed by atoms with Crippen molar-refractivity contribution in [2.45, 2.75) is 6.54 Å². The number of ether oxygens (including phenoxy) is 1. The van der Waals surface area contributed by atoms with Crippen molar-refractivity contribution in [3.8, 4) is 11.5 Å². The molecule has 3 aromatic rings. The van der Waals surface area contributed by atoms with E-state index in [1.54, 1.807) is 36.4 Å². The molecule has 0 aliphatic carbocycles. The lowest BCUT2D eigenvalue weighted by atomic mass is 10.2. The Morgan fingerprint density at radius 2 is 1.45 bits per heavy atom. The van der Waals surface area contributed by atoms with Crippen molar-refractivity contribution in [2.24, 2.45) is 0 Å². The van der Waals surface area contributed by atoms with Crippen LogP contribution >= 0.6 is 0 Å². The zero-order chi connectivity index (χ0) is 20.5. The molecule has 1 amide bonds. The molecule has 2 N–H and O–H groups in total. The lowest BCUT2D eigenvalue weighted by molar-refractivity contribution is 0.0954. The first kappa shape index (κ1) is 20.6. The second-order valence-corrected chi connectivity index (χ2v) is 8.22. The summed E-state index contributed by atoms with van der Waals surface area (Å²) in [6, 6.07) is 25.2. The van der Waals surface area contributed by atoms with Gasteiger partial charge < -0.3 is 10.1 Å². The van der Waals surface area contributed by atoms with E-state index >= 15 is 0 Å². The minimum absolute atomic E-state index is 0.0113. The number of carbonyl (C=O) groups is 1. The van der Waals surface area contributed by atoms with Crippen LogP contribution in [-0.4, -0.2) is 26.6 Å². The van der Waals surface area contributed by atoms with E-state index in [9.17, 15) is 13.2 Å². The van der Waals surface area contributed by atoms with Crippen molar-refractivity contribution < 1.29 is 17.9 Å². The third-order valence-electron chi connectivity index (χ3n) is 4.10. The van der Waals surface area contributed by atoms with Gasteiger partial charge in [-0.3, -0.25) is 4.79 Å². The van der Waals surface area contributed by atoms with Gasteiger partial charge in [-0.25, -0.2) is 13.1 Å². The Kier molecular flexibility index (Phi) is 6.99. The number of rotatable bonds is 9. The molecule has 0 bridgehead atoms. The molecule has 0 aromatic heterocycles. The monoisotopic (exact) mass is 410 g/mol. The van der Waals surface area contributed by atoms with Gasteiger partial charge in [0.1, 0.15) is 11.5 Å². The van der Waals surface area contributed by atoms with Gasteiger partial charge in [0, 0.05) is 13.1 Å². The standard InChI is InChI=1S/C22H22N2O4S/c25-22(20-13-7-8-14-21(20)28-19-11-5-2-6-12-19)23-15-16-29(26,27)24-17-18-9-3-1-4-10-18/h1-14,24H,15-17H2,(H,23,25). The van der Waals surface area contributed by atoms with Crippen LogP contribution in [0, 0.1) is 0 Å². The smallest absolute Gasteiger partial charge is 0.255 e. The third-order valence-corrected chi connectivity index (χ3v) is 5.42. The van der Waals surface area contributed by atoms with E-state index in [0.29, 0.717) is 17.1 Å². The van der Waals surface area contributed by atoms with E-state index in [1.807, 2.05) is 48.5 Å². The maximum atomic E-state index is 12.5. The molecule has 3 aromatic carbocycles. The summed E-state index contributed by atoms with van der Waals surface area (Å²) in [5.41, 5.74) is 1.21. The minimum atomic E-state index is -3.51. The molecular formula is C22H22N2O4S. The maximum Gasteiger partial charge on any atom is 0.255 e. The summed E-state index contributed by atoms with van der Waals surface area (Å²) in [6.07, 6.45) is 0. The number of para-hydroxylation sites is 2. The molecule has 0 radical (unpaired) electrons. The van der Waals surface area contributed by atoms with E-state index in [4.69, 9.17) is 4.74 Å².